The van der Waals surface area contributed by atoms with Crippen molar-refractivity contribution < 1.29 is 14.0 Å². The highest BCUT2D eigenvalue weighted by Crippen LogP contribution is 2.36. The van der Waals surface area contributed by atoms with Crippen LogP contribution in [0.25, 0.3) is 0 Å². The average Bonchev–Trinajstić information content (AvgIpc) is 2.70. The molecule has 0 amide bonds. The van der Waals surface area contributed by atoms with E-state index in [0.29, 0.717) is 6.01 Å². The Kier molecular flexibility index (Phi) is 2.51. The number of hydrogen-bond donors (Lipinski definition) is 1. The minimum absolute atomic E-state index is 0.337. The molecule has 0 spiro atoms. The van der Waals surface area contributed by atoms with Gasteiger partial charge in [-0.1, -0.05) is 0 Å². The first-order valence-electron chi connectivity index (χ1n) is 5.30. The summed E-state index contributed by atoms with van der Waals surface area (Å²) in [6, 6.07) is 0.463. The number of hydrogen-bond acceptors (Lipinski definition) is 4. The van der Waals surface area contributed by atoms with Gasteiger partial charge in [-0.05, 0) is 27.7 Å². The molecule has 1 N–H and O–H groups in total. The third-order valence-corrected chi connectivity index (χ3v) is 3.27. The second-order valence-corrected chi connectivity index (χ2v) is 4.94. The molecule has 0 aromatic carbocycles. The Morgan fingerprint density at radius 3 is 2.25 bits per heavy atom. The Morgan fingerprint density at radius 1 is 1.25 bits per heavy atom. The Balaban J connectivity index is 2.20. The number of nitrogens with one attached hydrogen (secondary N) is 1. The van der Waals surface area contributed by atoms with E-state index in [-0.39, 0.29) is 11.2 Å². The lowest BCUT2D eigenvalue weighted by Crippen LogP contribution is -2.41. The smallest absolute Gasteiger partial charge is 0.468 e. The summed E-state index contributed by atoms with van der Waals surface area (Å²) in [6.07, 6.45) is 1.67. The van der Waals surface area contributed by atoms with E-state index in [4.69, 9.17) is 14.0 Å². The first kappa shape index (κ1) is 11.5. The van der Waals surface area contributed by atoms with Crippen molar-refractivity contribution in [3.63, 3.8) is 0 Å². The molecule has 0 saturated carbocycles. The van der Waals surface area contributed by atoms with Crippen LogP contribution in [0, 0.1) is 0 Å². The molecule has 1 fully saturated rings. The van der Waals surface area contributed by atoms with Gasteiger partial charge in [0.05, 0.1) is 23.9 Å². The monoisotopic (exact) mass is 224 g/mol. The first-order chi connectivity index (χ1) is 7.36. The number of rotatable bonds is 2. The summed E-state index contributed by atoms with van der Waals surface area (Å²) in [5.41, 5.74) is 0.0990. The highest BCUT2D eigenvalue weighted by Gasteiger charge is 2.52. The van der Waals surface area contributed by atoms with Crippen molar-refractivity contribution >= 4 is 12.7 Å². The zero-order valence-electron chi connectivity index (χ0n) is 10.3. The van der Waals surface area contributed by atoms with Gasteiger partial charge >= 0.3 is 7.12 Å². The molecule has 1 aromatic heterocycles. The summed E-state index contributed by atoms with van der Waals surface area (Å²) in [6.45, 7) is 8.06. The molecule has 2 rings (SSSR count). The minimum atomic E-state index is -0.415. The van der Waals surface area contributed by atoms with Gasteiger partial charge in [-0.15, -0.1) is 0 Å². The molecule has 0 aliphatic carbocycles. The van der Waals surface area contributed by atoms with Crippen LogP contribution in [0.15, 0.2) is 6.20 Å². The van der Waals surface area contributed by atoms with E-state index in [1.165, 1.54) is 0 Å². The number of aromatic amines is 1. The van der Waals surface area contributed by atoms with E-state index in [0.717, 1.165) is 5.59 Å². The van der Waals surface area contributed by atoms with Crippen molar-refractivity contribution in [3.8, 4) is 6.01 Å². The number of imidazole rings is 1. The van der Waals surface area contributed by atoms with Crippen LogP contribution in [-0.2, 0) is 9.31 Å². The summed E-state index contributed by atoms with van der Waals surface area (Å²) in [5.74, 6) is 0. The Hall–Kier alpha value is -1.01. The molecule has 16 heavy (non-hydrogen) atoms. The van der Waals surface area contributed by atoms with Gasteiger partial charge in [0.25, 0.3) is 6.01 Å². The lowest BCUT2D eigenvalue weighted by molar-refractivity contribution is 0.00578. The van der Waals surface area contributed by atoms with Gasteiger partial charge in [0.1, 0.15) is 0 Å². The molecule has 1 aliphatic rings. The van der Waals surface area contributed by atoms with Crippen LogP contribution in [-0.4, -0.2) is 35.4 Å². The number of nitrogens with zero attached hydrogens (tertiary/aromatic N) is 1. The average molecular weight is 224 g/mol. The van der Waals surface area contributed by atoms with Crippen LogP contribution in [0.3, 0.4) is 0 Å². The molecule has 0 unspecified atom stereocenters. The van der Waals surface area contributed by atoms with Gasteiger partial charge in [0.2, 0.25) is 0 Å². The number of aromatic nitrogens is 2. The lowest BCUT2D eigenvalue weighted by Gasteiger charge is -2.32. The molecule has 88 valence electrons. The molecule has 6 heteroatoms. The molecular formula is C10H17BN2O3. The second-order valence-electron chi connectivity index (χ2n) is 4.94. The maximum atomic E-state index is 5.86. The summed E-state index contributed by atoms with van der Waals surface area (Å²) < 4.78 is 16.7. The predicted molar refractivity (Wildman–Crippen MR) is 60.9 cm³/mol. The van der Waals surface area contributed by atoms with Crippen LogP contribution < -0.4 is 10.3 Å². The predicted octanol–water partition coefficient (Wildman–Crippen LogP) is 0.717. The van der Waals surface area contributed by atoms with Crippen molar-refractivity contribution in [1.82, 2.24) is 9.97 Å². The van der Waals surface area contributed by atoms with Gasteiger partial charge < -0.3 is 19.0 Å². The largest absolute Gasteiger partial charge is 0.513 e. The molecule has 0 bridgehead atoms. The molecule has 2 heterocycles. The molecule has 1 aliphatic heterocycles. The van der Waals surface area contributed by atoms with Gasteiger partial charge in [-0.25, -0.2) is 4.98 Å². The summed E-state index contributed by atoms with van der Waals surface area (Å²) in [7, 11) is 1.15. The summed E-state index contributed by atoms with van der Waals surface area (Å²) in [4.78, 5) is 7.03. The number of ether oxygens (including phenoxy) is 1. The molecule has 1 saturated heterocycles. The maximum Gasteiger partial charge on any atom is 0.513 e. The van der Waals surface area contributed by atoms with E-state index < -0.39 is 7.12 Å². The van der Waals surface area contributed by atoms with Gasteiger partial charge in [-0.2, -0.15) is 0 Å². The Labute approximate surface area is 95.6 Å². The third kappa shape index (κ3) is 1.72. The van der Waals surface area contributed by atoms with Crippen molar-refractivity contribution in [3.05, 3.63) is 6.20 Å². The fourth-order valence-corrected chi connectivity index (χ4v) is 1.51. The van der Waals surface area contributed by atoms with Gasteiger partial charge in [0, 0.05) is 6.20 Å². The molecule has 0 atom stereocenters. The molecule has 1 aromatic rings. The molecular weight excluding hydrogens is 207 g/mol. The van der Waals surface area contributed by atoms with Gasteiger partial charge in [0.15, 0.2) is 0 Å². The molecule has 0 radical (unpaired) electrons. The summed E-state index contributed by atoms with van der Waals surface area (Å²) >= 11 is 0. The zero-order valence-corrected chi connectivity index (χ0v) is 10.3. The van der Waals surface area contributed by atoms with Crippen molar-refractivity contribution in [2.24, 2.45) is 0 Å². The topological polar surface area (TPSA) is 56.4 Å². The fraction of sp³-hybridized carbons (Fsp3) is 0.700. The quantitative estimate of drug-likeness (QED) is 0.752. The minimum Gasteiger partial charge on any atom is -0.468 e. The highest BCUT2D eigenvalue weighted by molar-refractivity contribution is 6.61. The van der Waals surface area contributed by atoms with E-state index in [2.05, 4.69) is 9.97 Å². The standard InChI is InChI=1S/C10H17BN2O3/c1-9(2)10(3,4)16-11(15-9)7-6-12-8(13-7)14-5/h6H,1-5H3,(H,12,13). The van der Waals surface area contributed by atoms with E-state index >= 15 is 0 Å². The van der Waals surface area contributed by atoms with E-state index in [1.807, 2.05) is 27.7 Å². The van der Waals surface area contributed by atoms with Crippen LogP contribution in [0.2, 0.25) is 0 Å². The van der Waals surface area contributed by atoms with Gasteiger partial charge in [-0.3, -0.25) is 0 Å². The molecule has 5 nitrogen and oxygen atoms in total. The summed E-state index contributed by atoms with van der Waals surface area (Å²) in [5, 5.41) is 0. The van der Waals surface area contributed by atoms with Crippen molar-refractivity contribution in [1.29, 1.82) is 0 Å². The third-order valence-electron chi connectivity index (χ3n) is 3.27. The number of methoxy groups -OCH3 is 1. The van der Waals surface area contributed by atoms with Crippen molar-refractivity contribution in [2.75, 3.05) is 7.11 Å². The fourth-order valence-electron chi connectivity index (χ4n) is 1.51. The van der Waals surface area contributed by atoms with E-state index in [1.54, 1.807) is 13.3 Å². The van der Waals surface area contributed by atoms with Crippen molar-refractivity contribution in [2.45, 2.75) is 38.9 Å². The normalized spacial score (nSPS) is 22.4. The number of H-pyrrole nitrogens is 1. The maximum absolute atomic E-state index is 5.86. The lowest BCUT2D eigenvalue weighted by atomic mass is 9.86. The zero-order chi connectivity index (χ0) is 12.0. The second kappa shape index (κ2) is 3.50. The highest BCUT2D eigenvalue weighted by atomic mass is 16.7. The van der Waals surface area contributed by atoms with Crippen LogP contribution >= 0.6 is 0 Å². The van der Waals surface area contributed by atoms with E-state index in [9.17, 15) is 0 Å². The van der Waals surface area contributed by atoms with Crippen LogP contribution in [0.1, 0.15) is 27.7 Å². The Morgan fingerprint density at radius 2 is 1.81 bits per heavy atom. The Bertz CT molecular complexity index is 373. The van der Waals surface area contributed by atoms with Crippen LogP contribution in [0.5, 0.6) is 6.01 Å². The van der Waals surface area contributed by atoms with Crippen LogP contribution in [0.4, 0.5) is 0 Å². The SMILES string of the molecule is COc1ncc(B2OC(C)(C)C(C)(C)O2)[nH]1. The first-order valence-corrected chi connectivity index (χ1v) is 5.30.